The van der Waals surface area contributed by atoms with Crippen molar-refractivity contribution in [2.45, 2.75) is 32.2 Å². The number of nitrogens with one attached hydrogen (secondary N) is 1. The summed E-state index contributed by atoms with van der Waals surface area (Å²) < 4.78 is 0. The predicted octanol–water partition coefficient (Wildman–Crippen LogP) is -1.39. The second-order valence-corrected chi connectivity index (χ2v) is 4.27. The van der Waals surface area contributed by atoms with E-state index in [2.05, 4.69) is 5.32 Å². The Labute approximate surface area is 116 Å². The average Bonchev–Trinajstić information content (AvgIpc) is 2.31. The molecule has 1 atom stereocenters. The van der Waals surface area contributed by atoms with E-state index in [1.165, 1.54) is 0 Å². The summed E-state index contributed by atoms with van der Waals surface area (Å²) in [5, 5.41) is 11.2. The van der Waals surface area contributed by atoms with Crippen molar-refractivity contribution in [2.75, 3.05) is 13.1 Å². The van der Waals surface area contributed by atoms with Crippen molar-refractivity contribution in [1.29, 1.82) is 0 Å². The van der Waals surface area contributed by atoms with Crippen molar-refractivity contribution in [1.82, 2.24) is 10.2 Å². The molecule has 0 saturated heterocycles. The van der Waals surface area contributed by atoms with Gasteiger partial charge in [0.05, 0.1) is 0 Å². The van der Waals surface area contributed by atoms with E-state index in [1.54, 1.807) is 0 Å². The summed E-state index contributed by atoms with van der Waals surface area (Å²) in [5.74, 6) is -2.85. The molecule has 0 saturated carbocycles. The quantitative estimate of drug-likeness (QED) is 0.411. The van der Waals surface area contributed by atoms with Crippen LogP contribution in [0, 0.1) is 0 Å². The Hall–Kier alpha value is -2.32. The van der Waals surface area contributed by atoms with Crippen LogP contribution in [0.3, 0.4) is 0 Å². The van der Waals surface area contributed by atoms with Crippen LogP contribution in [0.2, 0.25) is 0 Å². The maximum atomic E-state index is 11.8. The normalized spacial score (nSPS) is 11.4. The van der Waals surface area contributed by atoms with Gasteiger partial charge in [-0.15, -0.1) is 0 Å². The number of nitrogens with zero attached hydrogens (tertiary/aromatic N) is 1. The summed E-state index contributed by atoms with van der Waals surface area (Å²) in [6.45, 7) is 0.844. The second-order valence-electron chi connectivity index (χ2n) is 4.27. The van der Waals surface area contributed by atoms with Gasteiger partial charge in [-0.3, -0.25) is 9.59 Å². The fourth-order valence-electron chi connectivity index (χ4n) is 1.48. The van der Waals surface area contributed by atoms with Crippen LogP contribution < -0.4 is 16.8 Å². The highest BCUT2D eigenvalue weighted by molar-refractivity contribution is 5.89. The van der Waals surface area contributed by atoms with E-state index in [0.717, 1.165) is 11.3 Å². The minimum absolute atomic E-state index is 0.249. The zero-order valence-electron chi connectivity index (χ0n) is 11.3. The molecule has 0 heterocycles. The molecule has 0 aromatic heterocycles. The molecule has 0 radical (unpaired) electrons. The van der Waals surface area contributed by atoms with Gasteiger partial charge in [0.25, 0.3) is 0 Å². The first-order valence-corrected chi connectivity index (χ1v) is 6.12. The summed E-state index contributed by atoms with van der Waals surface area (Å²) in [6.07, 6.45) is 1.63. The number of carbonyl (C=O) groups is 4. The number of unbranched alkanes of at least 4 members (excludes halogenated alkanes) is 1. The molecule has 9 nitrogen and oxygen atoms in total. The minimum atomic E-state index is -1.19. The van der Waals surface area contributed by atoms with Gasteiger partial charge in [0.1, 0.15) is 19.1 Å². The smallest absolute Gasteiger partial charge is 0.326 e. The number of primary amides is 2. The maximum absolute atomic E-state index is 11.8. The lowest BCUT2D eigenvalue weighted by Gasteiger charge is -2.22. The number of carboxylic acid groups (broad SMARTS) is 1. The number of aliphatic carboxylic acids is 1. The summed E-state index contributed by atoms with van der Waals surface area (Å²) in [4.78, 5) is 45.2. The lowest BCUT2D eigenvalue weighted by Crippen LogP contribution is -2.52. The summed E-state index contributed by atoms with van der Waals surface area (Å²) in [7, 11) is 0. The third kappa shape index (κ3) is 7.19. The van der Waals surface area contributed by atoms with Gasteiger partial charge in [-0.05, 0) is 6.42 Å². The molecule has 0 fully saturated rings. The molecule has 114 valence electrons. The van der Waals surface area contributed by atoms with E-state index < -0.39 is 42.9 Å². The summed E-state index contributed by atoms with van der Waals surface area (Å²) in [6, 6.07) is -1.96. The number of rotatable bonds is 9. The number of nitrogens with two attached hydrogens (primary N) is 2. The van der Waals surface area contributed by atoms with Gasteiger partial charge in [0, 0.05) is 0 Å². The fourth-order valence-corrected chi connectivity index (χ4v) is 1.48. The molecule has 0 aliphatic heterocycles. The van der Waals surface area contributed by atoms with Gasteiger partial charge in [0.2, 0.25) is 11.8 Å². The summed E-state index contributed by atoms with van der Waals surface area (Å²) >= 11 is 0. The zero-order chi connectivity index (χ0) is 15.7. The monoisotopic (exact) mass is 288 g/mol. The molecule has 0 aliphatic carbocycles. The standard InChI is InChI=1S/C11H20N4O5/c1-2-3-4-7(10(18)19)14-11(20)15(5-8(12)16)6-9(13)17/h7H,2-6H2,1H3,(H2,12,16)(H2,13,17)(H,14,20)(H,18,19)/t7-/m0/s1. The molecule has 6 N–H and O–H groups in total. The van der Waals surface area contributed by atoms with Crippen molar-refractivity contribution >= 4 is 23.8 Å². The van der Waals surface area contributed by atoms with E-state index >= 15 is 0 Å². The van der Waals surface area contributed by atoms with Crippen molar-refractivity contribution in [2.24, 2.45) is 11.5 Å². The number of amides is 4. The SMILES string of the molecule is CCCC[C@H](NC(=O)N(CC(N)=O)CC(N)=O)C(=O)O. The highest BCUT2D eigenvalue weighted by Crippen LogP contribution is 2.02. The topological polar surface area (TPSA) is 156 Å². The van der Waals surface area contributed by atoms with Gasteiger partial charge in [0.15, 0.2) is 0 Å². The molecule has 0 rings (SSSR count). The van der Waals surface area contributed by atoms with Crippen LogP contribution in [-0.2, 0) is 14.4 Å². The lowest BCUT2D eigenvalue weighted by atomic mass is 10.1. The van der Waals surface area contributed by atoms with Gasteiger partial charge in [-0.25, -0.2) is 9.59 Å². The molecular formula is C11H20N4O5. The van der Waals surface area contributed by atoms with Crippen molar-refractivity contribution in [3.63, 3.8) is 0 Å². The Morgan fingerprint density at radius 1 is 1.15 bits per heavy atom. The molecule has 0 aromatic rings. The fraction of sp³-hybridized carbons (Fsp3) is 0.636. The van der Waals surface area contributed by atoms with Gasteiger partial charge < -0.3 is 26.8 Å². The van der Waals surface area contributed by atoms with Crippen LogP contribution >= 0.6 is 0 Å². The Morgan fingerprint density at radius 2 is 1.65 bits per heavy atom. The number of hydrogen-bond donors (Lipinski definition) is 4. The van der Waals surface area contributed by atoms with Gasteiger partial charge >= 0.3 is 12.0 Å². The number of carbonyl (C=O) groups excluding carboxylic acids is 3. The van der Waals surface area contributed by atoms with Gasteiger partial charge in [-0.2, -0.15) is 0 Å². The molecule has 4 amide bonds. The van der Waals surface area contributed by atoms with Crippen molar-refractivity contribution in [3.05, 3.63) is 0 Å². The lowest BCUT2D eigenvalue weighted by molar-refractivity contribution is -0.139. The third-order valence-electron chi connectivity index (χ3n) is 2.42. The Morgan fingerprint density at radius 3 is 2.00 bits per heavy atom. The van der Waals surface area contributed by atoms with Crippen LogP contribution in [0.15, 0.2) is 0 Å². The Kier molecular flexibility index (Phi) is 7.71. The average molecular weight is 288 g/mol. The maximum Gasteiger partial charge on any atom is 0.326 e. The first kappa shape index (κ1) is 17.7. The summed E-state index contributed by atoms with van der Waals surface area (Å²) in [5.41, 5.74) is 9.90. The van der Waals surface area contributed by atoms with Crippen LogP contribution in [0.25, 0.3) is 0 Å². The molecule has 0 spiro atoms. The molecule has 0 bridgehead atoms. The highest BCUT2D eigenvalue weighted by Gasteiger charge is 2.24. The largest absolute Gasteiger partial charge is 0.480 e. The molecule has 20 heavy (non-hydrogen) atoms. The molecule has 9 heteroatoms. The number of urea groups is 1. The Bertz CT molecular complexity index is 369. The van der Waals surface area contributed by atoms with E-state index in [0.29, 0.717) is 6.42 Å². The molecule has 0 aliphatic rings. The van der Waals surface area contributed by atoms with E-state index in [1.807, 2.05) is 6.92 Å². The van der Waals surface area contributed by atoms with E-state index in [-0.39, 0.29) is 6.42 Å². The third-order valence-corrected chi connectivity index (χ3v) is 2.42. The molecule has 0 aromatic carbocycles. The molecule has 0 unspecified atom stereocenters. The van der Waals surface area contributed by atoms with E-state index in [9.17, 15) is 19.2 Å². The van der Waals surface area contributed by atoms with Gasteiger partial charge in [-0.1, -0.05) is 19.8 Å². The molecular weight excluding hydrogens is 268 g/mol. The predicted molar refractivity (Wildman–Crippen MR) is 69.4 cm³/mol. The van der Waals surface area contributed by atoms with E-state index in [4.69, 9.17) is 16.6 Å². The number of hydrogen-bond acceptors (Lipinski definition) is 4. The zero-order valence-corrected chi connectivity index (χ0v) is 11.3. The van der Waals surface area contributed by atoms with Crippen LogP contribution in [0.1, 0.15) is 26.2 Å². The van der Waals surface area contributed by atoms with Crippen LogP contribution in [0.4, 0.5) is 4.79 Å². The minimum Gasteiger partial charge on any atom is -0.480 e. The van der Waals surface area contributed by atoms with Crippen molar-refractivity contribution in [3.8, 4) is 0 Å². The second kappa shape index (κ2) is 8.73. The van der Waals surface area contributed by atoms with Crippen LogP contribution in [0.5, 0.6) is 0 Å². The first-order valence-electron chi connectivity index (χ1n) is 6.12. The highest BCUT2D eigenvalue weighted by atomic mass is 16.4. The van der Waals surface area contributed by atoms with Crippen LogP contribution in [-0.4, -0.2) is 53.0 Å². The van der Waals surface area contributed by atoms with Crippen molar-refractivity contribution < 1.29 is 24.3 Å². The first-order chi connectivity index (χ1) is 9.27. The Balaban J connectivity index is 4.72. The number of carboxylic acids is 1.